The molecule has 1 unspecified atom stereocenters. The van der Waals surface area contributed by atoms with E-state index in [1.807, 2.05) is 26.2 Å². The summed E-state index contributed by atoms with van der Waals surface area (Å²) in [5.41, 5.74) is 2.38. The molecule has 0 bridgehead atoms. The molecule has 1 atom stereocenters. The SMILES string of the molecule is CCOCCCC(NC)c1cccc2ncccc12. The van der Waals surface area contributed by atoms with Gasteiger partial charge in [-0.05, 0) is 44.5 Å². The van der Waals surface area contributed by atoms with E-state index in [-0.39, 0.29) is 0 Å². The Morgan fingerprint density at radius 2 is 2.16 bits per heavy atom. The number of aromatic nitrogens is 1. The van der Waals surface area contributed by atoms with Gasteiger partial charge in [0.1, 0.15) is 0 Å². The minimum Gasteiger partial charge on any atom is -0.382 e. The molecule has 1 heterocycles. The maximum Gasteiger partial charge on any atom is 0.0705 e. The lowest BCUT2D eigenvalue weighted by molar-refractivity contribution is 0.141. The predicted molar refractivity (Wildman–Crippen MR) is 79.3 cm³/mol. The first kappa shape index (κ1) is 14.0. The van der Waals surface area contributed by atoms with Crippen molar-refractivity contribution in [2.75, 3.05) is 20.3 Å². The highest BCUT2D eigenvalue weighted by Gasteiger charge is 2.12. The van der Waals surface area contributed by atoms with Crippen molar-refractivity contribution in [1.29, 1.82) is 0 Å². The Morgan fingerprint density at radius 1 is 1.26 bits per heavy atom. The minimum absolute atomic E-state index is 0.355. The third-order valence-corrected chi connectivity index (χ3v) is 3.39. The Morgan fingerprint density at radius 3 is 2.95 bits per heavy atom. The molecule has 102 valence electrons. The van der Waals surface area contributed by atoms with Crippen LogP contribution in [0, 0.1) is 0 Å². The first-order chi connectivity index (χ1) is 9.36. The maximum absolute atomic E-state index is 5.41. The van der Waals surface area contributed by atoms with E-state index in [9.17, 15) is 0 Å². The molecule has 2 rings (SSSR count). The molecule has 1 aromatic carbocycles. The van der Waals surface area contributed by atoms with Crippen molar-refractivity contribution in [3.8, 4) is 0 Å². The van der Waals surface area contributed by atoms with Crippen molar-refractivity contribution >= 4 is 10.9 Å². The van der Waals surface area contributed by atoms with Crippen LogP contribution in [0.5, 0.6) is 0 Å². The largest absolute Gasteiger partial charge is 0.382 e. The number of rotatable bonds is 7. The minimum atomic E-state index is 0.355. The normalized spacial score (nSPS) is 12.7. The van der Waals surface area contributed by atoms with Crippen LogP contribution in [-0.2, 0) is 4.74 Å². The monoisotopic (exact) mass is 258 g/mol. The van der Waals surface area contributed by atoms with Crippen LogP contribution in [0.1, 0.15) is 31.4 Å². The highest BCUT2D eigenvalue weighted by atomic mass is 16.5. The van der Waals surface area contributed by atoms with E-state index in [0.717, 1.165) is 31.6 Å². The molecule has 0 amide bonds. The maximum atomic E-state index is 5.41. The number of pyridine rings is 1. The van der Waals surface area contributed by atoms with E-state index >= 15 is 0 Å². The second kappa shape index (κ2) is 7.22. The molecule has 0 spiro atoms. The Kier molecular flexibility index (Phi) is 5.31. The highest BCUT2D eigenvalue weighted by molar-refractivity contribution is 5.82. The molecule has 0 fully saturated rings. The average molecular weight is 258 g/mol. The van der Waals surface area contributed by atoms with Gasteiger partial charge in [0.15, 0.2) is 0 Å². The van der Waals surface area contributed by atoms with Crippen LogP contribution in [-0.4, -0.2) is 25.2 Å². The lowest BCUT2D eigenvalue weighted by atomic mass is 9.98. The van der Waals surface area contributed by atoms with E-state index in [0.29, 0.717) is 6.04 Å². The zero-order valence-electron chi connectivity index (χ0n) is 11.7. The molecule has 0 radical (unpaired) electrons. The average Bonchev–Trinajstić information content (AvgIpc) is 2.47. The van der Waals surface area contributed by atoms with Crippen LogP contribution in [0.3, 0.4) is 0 Å². The highest BCUT2D eigenvalue weighted by Crippen LogP contribution is 2.25. The lowest BCUT2D eigenvalue weighted by Gasteiger charge is -2.18. The first-order valence-electron chi connectivity index (χ1n) is 6.95. The van der Waals surface area contributed by atoms with Crippen LogP contribution in [0.4, 0.5) is 0 Å². The summed E-state index contributed by atoms with van der Waals surface area (Å²) in [7, 11) is 2.01. The van der Waals surface area contributed by atoms with Gasteiger partial charge in [0.2, 0.25) is 0 Å². The topological polar surface area (TPSA) is 34.1 Å². The molecule has 0 saturated heterocycles. The van der Waals surface area contributed by atoms with E-state index in [4.69, 9.17) is 4.74 Å². The molecular weight excluding hydrogens is 236 g/mol. The van der Waals surface area contributed by atoms with Crippen molar-refractivity contribution < 1.29 is 4.74 Å². The predicted octanol–water partition coefficient (Wildman–Crippen LogP) is 3.31. The van der Waals surface area contributed by atoms with Crippen LogP contribution >= 0.6 is 0 Å². The molecule has 19 heavy (non-hydrogen) atoms. The molecule has 3 nitrogen and oxygen atoms in total. The fourth-order valence-electron chi connectivity index (χ4n) is 2.42. The summed E-state index contributed by atoms with van der Waals surface area (Å²) in [5, 5.41) is 4.64. The fraction of sp³-hybridized carbons (Fsp3) is 0.438. The van der Waals surface area contributed by atoms with E-state index in [2.05, 4.69) is 34.6 Å². The number of benzene rings is 1. The number of hydrogen-bond acceptors (Lipinski definition) is 3. The summed E-state index contributed by atoms with van der Waals surface area (Å²) in [4.78, 5) is 4.42. The second-order valence-electron chi connectivity index (χ2n) is 4.60. The van der Waals surface area contributed by atoms with Gasteiger partial charge >= 0.3 is 0 Å². The third-order valence-electron chi connectivity index (χ3n) is 3.39. The van der Waals surface area contributed by atoms with Crippen molar-refractivity contribution in [3.05, 3.63) is 42.1 Å². The fourth-order valence-corrected chi connectivity index (χ4v) is 2.42. The summed E-state index contributed by atoms with van der Waals surface area (Å²) in [6, 6.07) is 10.8. The molecule has 0 saturated carbocycles. The van der Waals surface area contributed by atoms with E-state index in [1.54, 1.807) is 0 Å². The number of ether oxygens (including phenoxy) is 1. The van der Waals surface area contributed by atoms with Gasteiger partial charge in [-0.3, -0.25) is 4.98 Å². The number of nitrogens with zero attached hydrogens (tertiary/aromatic N) is 1. The van der Waals surface area contributed by atoms with Gasteiger partial charge in [-0.2, -0.15) is 0 Å². The Hall–Kier alpha value is -1.45. The molecule has 1 aromatic heterocycles. The molecule has 0 aliphatic carbocycles. The number of hydrogen-bond donors (Lipinski definition) is 1. The molecule has 0 aliphatic rings. The summed E-state index contributed by atoms with van der Waals surface area (Å²) in [6.45, 7) is 3.66. The van der Waals surface area contributed by atoms with Gasteiger partial charge < -0.3 is 10.1 Å². The Balaban J connectivity index is 2.16. The van der Waals surface area contributed by atoms with Gasteiger partial charge in [0.05, 0.1) is 5.52 Å². The Bertz CT molecular complexity index is 508. The van der Waals surface area contributed by atoms with Crippen molar-refractivity contribution in [3.63, 3.8) is 0 Å². The smallest absolute Gasteiger partial charge is 0.0705 e. The molecule has 0 aliphatic heterocycles. The summed E-state index contributed by atoms with van der Waals surface area (Å²) >= 11 is 0. The van der Waals surface area contributed by atoms with Gasteiger partial charge in [-0.25, -0.2) is 0 Å². The lowest BCUT2D eigenvalue weighted by Crippen LogP contribution is -2.17. The molecule has 3 heteroatoms. The van der Waals surface area contributed by atoms with Crippen molar-refractivity contribution in [1.82, 2.24) is 10.3 Å². The quantitative estimate of drug-likeness (QED) is 0.774. The van der Waals surface area contributed by atoms with Crippen LogP contribution in [0.2, 0.25) is 0 Å². The van der Waals surface area contributed by atoms with E-state index in [1.165, 1.54) is 10.9 Å². The zero-order valence-corrected chi connectivity index (χ0v) is 11.7. The van der Waals surface area contributed by atoms with Gasteiger partial charge in [-0.15, -0.1) is 0 Å². The number of fused-ring (bicyclic) bond motifs is 1. The van der Waals surface area contributed by atoms with E-state index < -0.39 is 0 Å². The first-order valence-corrected chi connectivity index (χ1v) is 6.95. The summed E-state index contributed by atoms with van der Waals surface area (Å²) < 4.78 is 5.41. The van der Waals surface area contributed by atoms with Gasteiger partial charge in [0, 0.05) is 30.8 Å². The molecule has 1 N–H and O–H groups in total. The zero-order chi connectivity index (χ0) is 13.5. The summed E-state index contributed by atoms with van der Waals surface area (Å²) in [5.74, 6) is 0. The standard InChI is InChI=1S/C16H22N2O/c1-3-19-12-6-10-15(17-2)13-7-4-9-16-14(13)8-5-11-18-16/h4-5,7-9,11,15,17H,3,6,10,12H2,1-2H3. The summed E-state index contributed by atoms with van der Waals surface area (Å²) in [6.07, 6.45) is 3.98. The third kappa shape index (κ3) is 3.52. The van der Waals surface area contributed by atoms with Crippen LogP contribution < -0.4 is 5.32 Å². The van der Waals surface area contributed by atoms with Gasteiger partial charge in [0.25, 0.3) is 0 Å². The van der Waals surface area contributed by atoms with Gasteiger partial charge in [-0.1, -0.05) is 18.2 Å². The van der Waals surface area contributed by atoms with Crippen molar-refractivity contribution in [2.45, 2.75) is 25.8 Å². The second-order valence-corrected chi connectivity index (χ2v) is 4.60. The molecular formula is C16H22N2O. The van der Waals surface area contributed by atoms with Crippen molar-refractivity contribution in [2.24, 2.45) is 0 Å². The van der Waals surface area contributed by atoms with Crippen LogP contribution in [0.15, 0.2) is 36.5 Å². The Labute approximate surface area is 115 Å². The number of nitrogens with one attached hydrogen (secondary N) is 1. The molecule has 2 aromatic rings. The van der Waals surface area contributed by atoms with Crippen LogP contribution in [0.25, 0.3) is 10.9 Å².